The zero-order valence-electron chi connectivity index (χ0n) is 11.7. The van der Waals surface area contributed by atoms with Crippen LogP contribution in [0.4, 0.5) is 5.69 Å². The van der Waals surface area contributed by atoms with Crippen molar-refractivity contribution in [2.45, 2.75) is 26.2 Å². The van der Waals surface area contributed by atoms with Crippen molar-refractivity contribution in [2.75, 3.05) is 25.9 Å². The molecule has 1 atom stereocenters. The highest BCUT2D eigenvalue weighted by Gasteiger charge is 2.24. The first-order chi connectivity index (χ1) is 9.15. The van der Waals surface area contributed by atoms with Gasteiger partial charge in [-0.3, -0.25) is 4.79 Å². The van der Waals surface area contributed by atoms with Crippen molar-refractivity contribution < 1.29 is 9.53 Å². The summed E-state index contributed by atoms with van der Waals surface area (Å²) in [4.78, 5) is 14.5. The van der Waals surface area contributed by atoms with E-state index in [-0.39, 0.29) is 5.91 Å². The lowest BCUT2D eigenvalue weighted by Crippen LogP contribution is -2.40. The summed E-state index contributed by atoms with van der Waals surface area (Å²) in [6.07, 6.45) is 3.42. The fraction of sp³-hybridized carbons (Fsp3) is 0.533. The number of anilines is 1. The lowest BCUT2D eigenvalue weighted by molar-refractivity contribution is 0.0672. The van der Waals surface area contributed by atoms with Crippen LogP contribution < -0.4 is 10.5 Å². The fourth-order valence-corrected chi connectivity index (χ4v) is 2.60. The third-order valence-corrected chi connectivity index (χ3v) is 3.87. The molecule has 2 N–H and O–H groups in total. The number of piperidine rings is 1. The van der Waals surface area contributed by atoms with Crippen LogP contribution in [0.5, 0.6) is 5.75 Å². The van der Waals surface area contributed by atoms with Gasteiger partial charge in [-0.1, -0.05) is 13.3 Å². The third-order valence-electron chi connectivity index (χ3n) is 3.87. The van der Waals surface area contributed by atoms with Crippen LogP contribution in [-0.4, -0.2) is 31.0 Å². The van der Waals surface area contributed by atoms with Crippen LogP contribution in [0.2, 0.25) is 0 Å². The van der Waals surface area contributed by atoms with Gasteiger partial charge in [0.2, 0.25) is 0 Å². The maximum Gasteiger partial charge on any atom is 0.256 e. The van der Waals surface area contributed by atoms with Gasteiger partial charge in [0.05, 0.1) is 12.7 Å². The highest BCUT2D eigenvalue weighted by Crippen LogP contribution is 2.25. The monoisotopic (exact) mass is 262 g/mol. The Labute approximate surface area is 114 Å². The number of nitrogens with zero attached hydrogens (tertiary/aromatic N) is 1. The Morgan fingerprint density at radius 2 is 2.32 bits per heavy atom. The molecule has 4 nitrogen and oxygen atoms in total. The largest absolute Gasteiger partial charge is 0.497 e. The van der Waals surface area contributed by atoms with Crippen molar-refractivity contribution in [3.8, 4) is 5.75 Å². The summed E-state index contributed by atoms with van der Waals surface area (Å²) in [6.45, 7) is 3.84. The fourth-order valence-electron chi connectivity index (χ4n) is 2.60. The highest BCUT2D eigenvalue weighted by atomic mass is 16.5. The molecule has 1 fully saturated rings. The number of carbonyl (C=O) groups excluding carboxylic acids is 1. The number of likely N-dealkylation sites (tertiary alicyclic amines) is 1. The Kier molecular flexibility index (Phi) is 4.30. The van der Waals surface area contributed by atoms with Gasteiger partial charge in [-0.05, 0) is 37.0 Å². The van der Waals surface area contributed by atoms with Crippen molar-refractivity contribution in [3.05, 3.63) is 23.8 Å². The first-order valence-corrected chi connectivity index (χ1v) is 6.88. The number of benzene rings is 1. The molecular formula is C15H22N2O2. The van der Waals surface area contributed by atoms with Gasteiger partial charge < -0.3 is 15.4 Å². The zero-order valence-corrected chi connectivity index (χ0v) is 11.7. The molecule has 0 aromatic heterocycles. The molecule has 104 valence electrons. The van der Waals surface area contributed by atoms with Crippen LogP contribution in [0.15, 0.2) is 18.2 Å². The molecule has 1 amide bonds. The van der Waals surface area contributed by atoms with E-state index in [9.17, 15) is 4.79 Å². The van der Waals surface area contributed by atoms with Crippen molar-refractivity contribution in [3.63, 3.8) is 0 Å². The predicted molar refractivity (Wildman–Crippen MR) is 76.3 cm³/mol. The van der Waals surface area contributed by atoms with Crippen molar-refractivity contribution in [2.24, 2.45) is 5.92 Å². The van der Waals surface area contributed by atoms with Gasteiger partial charge in [0.25, 0.3) is 5.91 Å². The lowest BCUT2D eigenvalue weighted by Gasteiger charge is -2.32. The van der Waals surface area contributed by atoms with Crippen molar-refractivity contribution in [1.29, 1.82) is 0 Å². The molecule has 2 rings (SSSR count). The minimum Gasteiger partial charge on any atom is -0.497 e. The van der Waals surface area contributed by atoms with E-state index in [0.29, 0.717) is 22.9 Å². The average Bonchev–Trinajstić information content (AvgIpc) is 2.47. The summed E-state index contributed by atoms with van der Waals surface area (Å²) in [5.74, 6) is 1.31. The molecule has 0 radical (unpaired) electrons. The molecule has 1 unspecified atom stereocenters. The number of rotatable bonds is 3. The van der Waals surface area contributed by atoms with Crippen molar-refractivity contribution in [1.82, 2.24) is 4.90 Å². The maximum atomic E-state index is 12.5. The van der Waals surface area contributed by atoms with Crippen LogP contribution >= 0.6 is 0 Å². The van der Waals surface area contributed by atoms with Gasteiger partial charge in [0.15, 0.2) is 0 Å². The average molecular weight is 262 g/mol. The minimum absolute atomic E-state index is 0.0227. The van der Waals surface area contributed by atoms with Crippen LogP contribution in [0.3, 0.4) is 0 Å². The first-order valence-electron chi connectivity index (χ1n) is 6.88. The summed E-state index contributed by atoms with van der Waals surface area (Å²) in [7, 11) is 1.59. The number of hydrogen-bond donors (Lipinski definition) is 1. The van der Waals surface area contributed by atoms with E-state index in [2.05, 4.69) is 6.92 Å². The summed E-state index contributed by atoms with van der Waals surface area (Å²) < 4.78 is 5.16. The van der Waals surface area contributed by atoms with Gasteiger partial charge in [0, 0.05) is 18.8 Å². The molecule has 1 aliphatic heterocycles. The molecule has 19 heavy (non-hydrogen) atoms. The van der Waals surface area contributed by atoms with E-state index in [1.807, 2.05) is 4.90 Å². The Morgan fingerprint density at radius 3 is 3.00 bits per heavy atom. The highest BCUT2D eigenvalue weighted by molar-refractivity contribution is 5.99. The summed E-state index contributed by atoms with van der Waals surface area (Å²) in [5.41, 5.74) is 6.99. The predicted octanol–water partition coefficient (Wildman–Crippen LogP) is 2.54. The van der Waals surface area contributed by atoms with E-state index < -0.39 is 0 Å². The number of methoxy groups -OCH3 is 1. The minimum atomic E-state index is 0.0227. The van der Waals surface area contributed by atoms with Crippen LogP contribution in [0.25, 0.3) is 0 Å². The molecule has 0 spiro atoms. The van der Waals surface area contributed by atoms with Gasteiger partial charge in [0.1, 0.15) is 5.75 Å². The quantitative estimate of drug-likeness (QED) is 0.852. The van der Waals surface area contributed by atoms with Gasteiger partial charge in [-0.15, -0.1) is 0 Å². The van der Waals surface area contributed by atoms with Crippen LogP contribution in [-0.2, 0) is 0 Å². The number of carbonyl (C=O) groups is 1. The molecule has 1 aromatic rings. The first kappa shape index (κ1) is 13.7. The molecule has 0 bridgehead atoms. The molecule has 1 heterocycles. The summed E-state index contributed by atoms with van der Waals surface area (Å²) in [5, 5.41) is 0. The number of ether oxygens (including phenoxy) is 1. The summed E-state index contributed by atoms with van der Waals surface area (Å²) in [6, 6.07) is 5.23. The maximum absolute atomic E-state index is 12.5. The lowest BCUT2D eigenvalue weighted by atomic mass is 9.95. The Morgan fingerprint density at radius 1 is 1.53 bits per heavy atom. The molecule has 1 aromatic carbocycles. The molecule has 1 saturated heterocycles. The van der Waals surface area contributed by atoms with Crippen molar-refractivity contribution >= 4 is 11.6 Å². The van der Waals surface area contributed by atoms with Gasteiger partial charge in [-0.2, -0.15) is 0 Å². The Bertz CT molecular complexity index is 459. The number of amides is 1. The molecule has 4 heteroatoms. The topological polar surface area (TPSA) is 55.6 Å². The van der Waals surface area contributed by atoms with E-state index >= 15 is 0 Å². The number of nitrogens with two attached hydrogens (primary N) is 1. The zero-order chi connectivity index (χ0) is 13.8. The van der Waals surface area contributed by atoms with E-state index in [0.717, 1.165) is 25.9 Å². The molecule has 1 aliphatic rings. The van der Waals surface area contributed by atoms with E-state index in [1.54, 1.807) is 25.3 Å². The number of nitrogen functional groups attached to an aromatic ring is 1. The SMILES string of the molecule is CCC1CCCN(C(=O)c2cc(OC)ccc2N)C1. The second kappa shape index (κ2) is 5.95. The number of hydrogen-bond acceptors (Lipinski definition) is 3. The van der Waals surface area contributed by atoms with Crippen LogP contribution in [0, 0.1) is 5.92 Å². The van der Waals surface area contributed by atoms with Gasteiger partial charge in [-0.25, -0.2) is 0 Å². The molecule has 0 saturated carbocycles. The summed E-state index contributed by atoms with van der Waals surface area (Å²) >= 11 is 0. The van der Waals surface area contributed by atoms with Crippen LogP contribution in [0.1, 0.15) is 36.5 Å². The van der Waals surface area contributed by atoms with E-state index in [1.165, 1.54) is 6.42 Å². The second-order valence-electron chi connectivity index (χ2n) is 5.12. The normalized spacial score (nSPS) is 19.3. The Balaban J connectivity index is 2.18. The molecular weight excluding hydrogens is 240 g/mol. The molecule has 0 aliphatic carbocycles. The smallest absolute Gasteiger partial charge is 0.256 e. The Hall–Kier alpha value is -1.71. The standard InChI is InChI=1S/C15H22N2O2/c1-3-11-5-4-8-17(10-11)15(18)13-9-12(19-2)6-7-14(13)16/h6-7,9,11H,3-5,8,10,16H2,1-2H3. The second-order valence-corrected chi connectivity index (χ2v) is 5.12. The third kappa shape index (κ3) is 3.00. The van der Waals surface area contributed by atoms with E-state index in [4.69, 9.17) is 10.5 Å². The van der Waals surface area contributed by atoms with Gasteiger partial charge >= 0.3 is 0 Å².